The zero-order chi connectivity index (χ0) is 21.7. The van der Waals surface area contributed by atoms with Gasteiger partial charge in [-0.15, -0.1) is 0 Å². The van der Waals surface area contributed by atoms with E-state index in [2.05, 4.69) is 15.5 Å². The maximum Gasteiger partial charge on any atom is 0.325 e. The number of urea groups is 1. The first-order chi connectivity index (χ1) is 14.3. The van der Waals surface area contributed by atoms with Gasteiger partial charge in [-0.3, -0.25) is 14.5 Å². The van der Waals surface area contributed by atoms with Crippen LogP contribution in [-0.2, 0) is 15.1 Å². The molecule has 1 aliphatic rings. The summed E-state index contributed by atoms with van der Waals surface area (Å²) in [5, 5.41) is 5.34. The summed E-state index contributed by atoms with van der Waals surface area (Å²) >= 11 is 0. The third-order valence-corrected chi connectivity index (χ3v) is 5.19. The van der Waals surface area contributed by atoms with Crippen molar-refractivity contribution in [2.45, 2.75) is 18.9 Å². The third-order valence-electron chi connectivity index (χ3n) is 5.19. The van der Waals surface area contributed by atoms with Crippen molar-refractivity contribution in [2.24, 2.45) is 0 Å². The molecule has 3 rings (SSSR count). The van der Waals surface area contributed by atoms with Crippen LogP contribution < -0.4 is 15.5 Å². The predicted molar refractivity (Wildman–Crippen MR) is 111 cm³/mol. The number of halogens is 1. The first kappa shape index (κ1) is 21.3. The molecule has 1 atom stereocenters. The number of anilines is 1. The van der Waals surface area contributed by atoms with E-state index < -0.39 is 29.2 Å². The zero-order valence-electron chi connectivity index (χ0n) is 17.0. The number of hydrogen-bond acceptors (Lipinski definition) is 4. The molecule has 30 heavy (non-hydrogen) atoms. The Kier molecular flexibility index (Phi) is 6.34. The van der Waals surface area contributed by atoms with Crippen molar-refractivity contribution in [1.82, 2.24) is 15.5 Å². The van der Waals surface area contributed by atoms with Gasteiger partial charge in [0.05, 0.1) is 0 Å². The molecule has 1 heterocycles. The van der Waals surface area contributed by atoms with Crippen LogP contribution in [0.4, 0.5) is 14.9 Å². The van der Waals surface area contributed by atoms with E-state index in [1.807, 2.05) is 37.4 Å². The highest BCUT2D eigenvalue weighted by atomic mass is 19.1. The van der Waals surface area contributed by atoms with Gasteiger partial charge < -0.3 is 15.5 Å². The Morgan fingerprint density at radius 3 is 2.47 bits per heavy atom. The number of para-hydroxylation sites is 1. The Morgan fingerprint density at radius 2 is 1.80 bits per heavy atom. The number of hydrogen-bond donors (Lipinski definition) is 2. The summed E-state index contributed by atoms with van der Waals surface area (Å²) in [4.78, 5) is 40.3. The summed E-state index contributed by atoms with van der Waals surface area (Å²) < 4.78 is 13.2. The topological polar surface area (TPSA) is 81.8 Å². The van der Waals surface area contributed by atoms with E-state index >= 15 is 0 Å². The van der Waals surface area contributed by atoms with Crippen molar-refractivity contribution in [2.75, 3.05) is 31.6 Å². The fraction of sp³-hybridized carbons (Fsp3) is 0.318. The van der Waals surface area contributed by atoms with Gasteiger partial charge in [-0.1, -0.05) is 30.3 Å². The standard InChI is InChI=1S/C22H25FN4O3/c1-22(16-9-11-17(23)12-10-16)20(29)27(21(30)25-22)15-19(28)24-13-6-14-26(2)18-7-4-3-5-8-18/h3-5,7-12H,6,13-15H2,1-2H3,(H,24,28)(H,25,30)/t22-/m0/s1. The molecular weight excluding hydrogens is 387 g/mol. The van der Waals surface area contributed by atoms with Gasteiger partial charge in [0.1, 0.15) is 17.9 Å². The van der Waals surface area contributed by atoms with Crippen LogP contribution in [0, 0.1) is 5.82 Å². The van der Waals surface area contributed by atoms with E-state index in [1.54, 1.807) is 0 Å². The molecule has 8 heteroatoms. The van der Waals surface area contributed by atoms with Crippen LogP contribution in [-0.4, -0.2) is 49.4 Å². The average Bonchev–Trinajstić information content (AvgIpc) is 2.96. The van der Waals surface area contributed by atoms with Gasteiger partial charge in [-0.05, 0) is 43.2 Å². The molecule has 1 fully saturated rings. The second kappa shape index (κ2) is 8.94. The summed E-state index contributed by atoms with van der Waals surface area (Å²) in [6, 6.07) is 14.6. The molecule has 0 bridgehead atoms. The molecule has 2 N–H and O–H groups in total. The minimum atomic E-state index is -1.33. The lowest BCUT2D eigenvalue weighted by molar-refractivity contribution is -0.134. The highest BCUT2D eigenvalue weighted by Gasteiger charge is 2.49. The Morgan fingerprint density at radius 1 is 1.13 bits per heavy atom. The SMILES string of the molecule is CN(CCCNC(=O)CN1C(=O)N[C@@](C)(c2ccc(F)cc2)C1=O)c1ccccc1. The first-order valence-corrected chi connectivity index (χ1v) is 9.74. The van der Waals surface area contributed by atoms with Crippen LogP contribution in [0.5, 0.6) is 0 Å². The third kappa shape index (κ3) is 4.59. The highest BCUT2D eigenvalue weighted by molar-refractivity contribution is 6.09. The van der Waals surface area contributed by atoms with Crippen molar-refractivity contribution >= 4 is 23.5 Å². The van der Waals surface area contributed by atoms with Crippen molar-refractivity contribution in [3.63, 3.8) is 0 Å². The number of nitrogens with zero attached hydrogens (tertiary/aromatic N) is 2. The molecule has 4 amide bonds. The summed E-state index contributed by atoms with van der Waals surface area (Å²) in [5.74, 6) is -1.39. The van der Waals surface area contributed by atoms with E-state index in [0.717, 1.165) is 17.1 Å². The van der Waals surface area contributed by atoms with E-state index in [4.69, 9.17) is 0 Å². The van der Waals surface area contributed by atoms with Gasteiger partial charge in [-0.2, -0.15) is 0 Å². The Labute approximate surface area is 174 Å². The van der Waals surface area contributed by atoms with Gasteiger partial charge in [-0.25, -0.2) is 9.18 Å². The molecule has 2 aromatic rings. The molecule has 1 saturated heterocycles. The molecule has 1 aliphatic heterocycles. The van der Waals surface area contributed by atoms with Crippen molar-refractivity contribution in [1.29, 1.82) is 0 Å². The fourth-order valence-electron chi connectivity index (χ4n) is 3.37. The van der Waals surface area contributed by atoms with Crippen molar-refractivity contribution in [3.8, 4) is 0 Å². The van der Waals surface area contributed by atoms with Gasteiger partial charge >= 0.3 is 6.03 Å². The molecule has 0 aliphatic carbocycles. The fourth-order valence-corrected chi connectivity index (χ4v) is 3.37. The largest absolute Gasteiger partial charge is 0.375 e. The zero-order valence-corrected chi connectivity index (χ0v) is 17.0. The maximum absolute atomic E-state index is 13.2. The number of rotatable bonds is 8. The van der Waals surface area contributed by atoms with E-state index in [0.29, 0.717) is 18.5 Å². The van der Waals surface area contributed by atoms with E-state index in [1.165, 1.54) is 31.2 Å². The second-order valence-corrected chi connectivity index (χ2v) is 7.41. The molecule has 2 aromatic carbocycles. The van der Waals surface area contributed by atoms with E-state index in [-0.39, 0.29) is 6.54 Å². The highest BCUT2D eigenvalue weighted by Crippen LogP contribution is 2.28. The van der Waals surface area contributed by atoms with Crippen LogP contribution in [0.3, 0.4) is 0 Å². The number of imide groups is 1. The van der Waals surface area contributed by atoms with Crippen molar-refractivity contribution in [3.05, 3.63) is 66.0 Å². The lowest BCUT2D eigenvalue weighted by atomic mass is 9.92. The molecule has 0 saturated carbocycles. The summed E-state index contributed by atoms with van der Waals surface area (Å²) in [7, 11) is 1.97. The monoisotopic (exact) mass is 412 g/mol. The number of carbonyl (C=O) groups is 3. The molecule has 158 valence electrons. The number of nitrogens with one attached hydrogen (secondary N) is 2. The molecule has 7 nitrogen and oxygen atoms in total. The van der Waals surface area contributed by atoms with Crippen LogP contribution >= 0.6 is 0 Å². The smallest absolute Gasteiger partial charge is 0.325 e. The summed E-state index contributed by atoms with van der Waals surface area (Å²) in [6.45, 7) is 2.35. The van der Waals surface area contributed by atoms with Crippen molar-refractivity contribution < 1.29 is 18.8 Å². The lowest BCUT2D eigenvalue weighted by Crippen LogP contribution is -2.43. The van der Waals surface area contributed by atoms with Crippen LogP contribution in [0.2, 0.25) is 0 Å². The minimum Gasteiger partial charge on any atom is -0.375 e. The van der Waals surface area contributed by atoms with Crippen LogP contribution in [0.15, 0.2) is 54.6 Å². The first-order valence-electron chi connectivity index (χ1n) is 9.74. The molecule has 0 unspecified atom stereocenters. The average molecular weight is 412 g/mol. The quantitative estimate of drug-likeness (QED) is 0.515. The van der Waals surface area contributed by atoms with Gasteiger partial charge in [0.2, 0.25) is 5.91 Å². The maximum atomic E-state index is 13.2. The van der Waals surface area contributed by atoms with Gasteiger partial charge in [0, 0.05) is 25.8 Å². The minimum absolute atomic E-state index is 0.365. The number of carbonyl (C=O) groups excluding carboxylic acids is 3. The molecule has 0 spiro atoms. The molecule has 0 radical (unpaired) electrons. The number of amides is 4. The lowest BCUT2D eigenvalue weighted by Gasteiger charge is -2.22. The normalized spacial score (nSPS) is 18.3. The second-order valence-electron chi connectivity index (χ2n) is 7.41. The Hall–Kier alpha value is -3.42. The molecule has 0 aromatic heterocycles. The summed E-state index contributed by atoms with van der Waals surface area (Å²) in [6.07, 6.45) is 0.713. The molecular formula is C22H25FN4O3. The Bertz CT molecular complexity index is 920. The number of benzene rings is 2. The van der Waals surface area contributed by atoms with Crippen LogP contribution in [0.1, 0.15) is 18.9 Å². The predicted octanol–water partition coefficient (Wildman–Crippen LogP) is 2.24. The van der Waals surface area contributed by atoms with E-state index in [9.17, 15) is 18.8 Å². The summed E-state index contributed by atoms with van der Waals surface area (Å²) in [5.41, 5.74) is 0.209. The Balaban J connectivity index is 1.49. The van der Waals surface area contributed by atoms with Gasteiger partial charge in [0.25, 0.3) is 5.91 Å². The van der Waals surface area contributed by atoms with Crippen LogP contribution in [0.25, 0.3) is 0 Å². The van der Waals surface area contributed by atoms with Gasteiger partial charge in [0.15, 0.2) is 0 Å².